The van der Waals surface area contributed by atoms with E-state index in [0.717, 1.165) is 55.8 Å². The monoisotopic (exact) mass is 412 g/mol. The number of likely N-dealkylation sites (tertiary alicyclic amines) is 1. The molecule has 1 aliphatic heterocycles. The van der Waals surface area contributed by atoms with E-state index in [0.29, 0.717) is 29.6 Å². The summed E-state index contributed by atoms with van der Waals surface area (Å²) in [6, 6.07) is 6.00. The van der Waals surface area contributed by atoms with E-state index in [1.807, 2.05) is 18.7 Å². The molecule has 1 saturated heterocycles. The van der Waals surface area contributed by atoms with Crippen molar-refractivity contribution in [2.24, 2.45) is 5.92 Å². The van der Waals surface area contributed by atoms with Gasteiger partial charge >= 0.3 is 0 Å². The van der Waals surface area contributed by atoms with Gasteiger partial charge in [0.15, 0.2) is 5.82 Å². The summed E-state index contributed by atoms with van der Waals surface area (Å²) < 4.78 is 23.5. The van der Waals surface area contributed by atoms with Crippen LogP contribution in [0.5, 0.6) is 0 Å². The number of halogens is 1. The van der Waals surface area contributed by atoms with Crippen molar-refractivity contribution in [2.45, 2.75) is 46.0 Å². The second kappa shape index (κ2) is 8.77. The van der Waals surface area contributed by atoms with Crippen molar-refractivity contribution in [2.75, 3.05) is 13.1 Å². The molecular formula is C22H25FN4O3. The fraction of sp³-hybridized carbons (Fsp3) is 0.455. The molecule has 30 heavy (non-hydrogen) atoms. The van der Waals surface area contributed by atoms with Gasteiger partial charge in [0.2, 0.25) is 5.91 Å². The van der Waals surface area contributed by atoms with Crippen LogP contribution in [-0.4, -0.2) is 39.2 Å². The minimum atomic E-state index is -0.296. The number of hydrogen-bond acceptors (Lipinski definition) is 6. The summed E-state index contributed by atoms with van der Waals surface area (Å²) in [6.07, 6.45) is 3.96. The summed E-state index contributed by atoms with van der Waals surface area (Å²) in [5.74, 6) is 2.15. The number of carbonyl (C=O) groups is 1. The number of piperidine rings is 1. The molecule has 1 fully saturated rings. The Bertz CT molecular complexity index is 984. The maximum Gasteiger partial charge on any atom is 0.257 e. The van der Waals surface area contributed by atoms with Crippen LogP contribution in [0.4, 0.5) is 4.39 Å². The molecule has 4 rings (SSSR count). The van der Waals surface area contributed by atoms with Crippen LogP contribution in [0.3, 0.4) is 0 Å². The van der Waals surface area contributed by atoms with Gasteiger partial charge in [-0.1, -0.05) is 10.3 Å². The second-order valence-electron chi connectivity index (χ2n) is 7.86. The third-order valence-electron chi connectivity index (χ3n) is 5.81. The Hall–Kier alpha value is -3.03. The molecule has 2 aromatic heterocycles. The number of hydrogen-bond donors (Lipinski definition) is 0. The van der Waals surface area contributed by atoms with Crippen LogP contribution < -0.4 is 0 Å². The summed E-state index contributed by atoms with van der Waals surface area (Å²) in [7, 11) is 0. The first kappa shape index (κ1) is 20.3. The SMILES string of the molecule is Cc1noc(C)c1CC(=O)N1CCC(CCc2noc(-c3ccc(F)cc3)n2)CC1. The molecule has 3 heterocycles. The first-order chi connectivity index (χ1) is 14.5. The first-order valence-electron chi connectivity index (χ1n) is 10.3. The topological polar surface area (TPSA) is 85.3 Å². The molecule has 7 nitrogen and oxygen atoms in total. The fourth-order valence-corrected chi connectivity index (χ4v) is 3.89. The number of amides is 1. The molecule has 8 heteroatoms. The van der Waals surface area contributed by atoms with Crippen LogP contribution in [-0.2, 0) is 17.6 Å². The highest BCUT2D eigenvalue weighted by Crippen LogP contribution is 2.24. The zero-order valence-corrected chi connectivity index (χ0v) is 17.2. The van der Waals surface area contributed by atoms with Crippen molar-refractivity contribution in [3.63, 3.8) is 0 Å². The van der Waals surface area contributed by atoms with Crippen LogP contribution in [0.2, 0.25) is 0 Å². The molecule has 0 atom stereocenters. The number of nitrogens with zero attached hydrogens (tertiary/aromatic N) is 4. The molecule has 0 bridgehead atoms. The smallest absolute Gasteiger partial charge is 0.257 e. The molecule has 0 saturated carbocycles. The summed E-state index contributed by atoms with van der Waals surface area (Å²) >= 11 is 0. The maximum absolute atomic E-state index is 13.0. The Morgan fingerprint density at radius 3 is 2.53 bits per heavy atom. The Kier molecular flexibility index (Phi) is 5.92. The summed E-state index contributed by atoms with van der Waals surface area (Å²) in [4.78, 5) is 19.0. The highest BCUT2D eigenvalue weighted by atomic mass is 19.1. The normalized spacial score (nSPS) is 15.0. The Balaban J connectivity index is 1.24. The van der Waals surface area contributed by atoms with Gasteiger partial charge in [-0.3, -0.25) is 4.79 Å². The van der Waals surface area contributed by atoms with Gasteiger partial charge in [-0.25, -0.2) is 4.39 Å². The summed E-state index contributed by atoms with van der Waals surface area (Å²) in [5.41, 5.74) is 2.40. The van der Waals surface area contributed by atoms with E-state index in [4.69, 9.17) is 9.05 Å². The van der Waals surface area contributed by atoms with E-state index in [1.54, 1.807) is 12.1 Å². The number of aromatic nitrogens is 3. The van der Waals surface area contributed by atoms with Crippen molar-refractivity contribution >= 4 is 5.91 Å². The number of carbonyl (C=O) groups excluding carboxylic acids is 1. The predicted molar refractivity (Wildman–Crippen MR) is 107 cm³/mol. The quantitative estimate of drug-likeness (QED) is 0.611. The Morgan fingerprint density at radius 1 is 1.13 bits per heavy atom. The Labute approximate surface area is 174 Å². The van der Waals surface area contributed by atoms with Gasteiger partial charge in [-0.15, -0.1) is 0 Å². The van der Waals surface area contributed by atoms with Gasteiger partial charge in [0.05, 0.1) is 12.1 Å². The third kappa shape index (κ3) is 4.58. The van der Waals surface area contributed by atoms with Crippen LogP contribution >= 0.6 is 0 Å². The first-order valence-corrected chi connectivity index (χ1v) is 10.3. The lowest BCUT2D eigenvalue weighted by atomic mass is 9.91. The highest BCUT2D eigenvalue weighted by molar-refractivity contribution is 5.79. The van der Waals surface area contributed by atoms with Gasteiger partial charge in [-0.05, 0) is 63.3 Å². The van der Waals surface area contributed by atoms with Crippen LogP contribution in [0.25, 0.3) is 11.5 Å². The van der Waals surface area contributed by atoms with Gasteiger partial charge < -0.3 is 13.9 Å². The molecule has 1 amide bonds. The van der Waals surface area contributed by atoms with E-state index < -0.39 is 0 Å². The predicted octanol–water partition coefficient (Wildman–Crippen LogP) is 3.89. The average Bonchev–Trinajstić information content (AvgIpc) is 3.35. The molecule has 158 valence electrons. The van der Waals surface area contributed by atoms with E-state index in [2.05, 4.69) is 15.3 Å². The molecule has 1 aromatic carbocycles. The van der Waals surface area contributed by atoms with E-state index >= 15 is 0 Å². The summed E-state index contributed by atoms with van der Waals surface area (Å²) in [5, 5.41) is 7.96. The fourth-order valence-electron chi connectivity index (χ4n) is 3.89. The molecule has 0 N–H and O–H groups in total. The third-order valence-corrected chi connectivity index (χ3v) is 5.81. The zero-order chi connectivity index (χ0) is 21.1. The van der Waals surface area contributed by atoms with E-state index in [9.17, 15) is 9.18 Å². The summed E-state index contributed by atoms with van der Waals surface area (Å²) in [6.45, 7) is 5.24. The van der Waals surface area contributed by atoms with Gasteiger partial charge in [-0.2, -0.15) is 4.98 Å². The van der Waals surface area contributed by atoms with Gasteiger partial charge in [0.1, 0.15) is 11.6 Å². The Morgan fingerprint density at radius 2 is 1.87 bits per heavy atom. The van der Waals surface area contributed by atoms with Crippen molar-refractivity contribution in [3.05, 3.63) is 52.9 Å². The minimum Gasteiger partial charge on any atom is -0.361 e. The maximum atomic E-state index is 13.0. The average molecular weight is 412 g/mol. The van der Waals surface area contributed by atoms with Gasteiger partial charge in [0, 0.05) is 30.6 Å². The molecule has 0 spiro atoms. The van der Waals surface area contributed by atoms with E-state index in [-0.39, 0.29) is 11.7 Å². The lowest BCUT2D eigenvalue weighted by Crippen LogP contribution is -2.39. The second-order valence-corrected chi connectivity index (χ2v) is 7.86. The van der Waals surface area contributed by atoms with Crippen molar-refractivity contribution in [1.29, 1.82) is 0 Å². The minimum absolute atomic E-state index is 0.130. The standard InChI is InChI=1S/C22H25FN4O3/c1-14-19(15(2)29-25-14)13-21(28)27-11-9-16(10-12-27)3-8-20-24-22(30-26-20)17-4-6-18(23)7-5-17/h4-7,16H,3,8-13H2,1-2H3. The highest BCUT2D eigenvalue weighted by Gasteiger charge is 2.25. The molecule has 0 aliphatic carbocycles. The molecule has 0 radical (unpaired) electrons. The molecule has 0 unspecified atom stereocenters. The number of aryl methyl sites for hydroxylation is 3. The lowest BCUT2D eigenvalue weighted by Gasteiger charge is -2.32. The molecule has 3 aromatic rings. The van der Waals surface area contributed by atoms with Crippen molar-refractivity contribution < 1.29 is 18.2 Å². The van der Waals surface area contributed by atoms with Gasteiger partial charge in [0.25, 0.3) is 5.89 Å². The lowest BCUT2D eigenvalue weighted by molar-refractivity contribution is -0.131. The van der Waals surface area contributed by atoms with Crippen LogP contribution in [0, 0.1) is 25.6 Å². The molecule has 1 aliphatic rings. The number of rotatable bonds is 6. The number of benzene rings is 1. The zero-order valence-electron chi connectivity index (χ0n) is 17.2. The largest absolute Gasteiger partial charge is 0.361 e. The van der Waals surface area contributed by atoms with Crippen LogP contribution in [0.1, 0.15) is 42.1 Å². The van der Waals surface area contributed by atoms with Crippen molar-refractivity contribution in [3.8, 4) is 11.5 Å². The van der Waals surface area contributed by atoms with Crippen LogP contribution in [0.15, 0.2) is 33.3 Å². The van der Waals surface area contributed by atoms with E-state index in [1.165, 1.54) is 12.1 Å². The van der Waals surface area contributed by atoms with Crippen molar-refractivity contribution in [1.82, 2.24) is 20.2 Å². The molecular weight excluding hydrogens is 387 g/mol.